The lowest BCUT2D eigenvalue weighted by atomic mass is 10.1. The molecule has 0 radical (unpaired) electrons. The molecular formula is C21H28N4O3S2. The van der Waals surface area contributed by atoms with Crippen LogP contribution in [0.3, 0.4) is 0 Å². The van der Waals surface area contributed by atoms with Crippen molar-refractivity contribution in [3.8, 4) is 0 Å². The molecule has 0 bridgehead atoms. The minimum atomic E-state index is -0.544. The van der Waals surface area contributed by atoms with Crippen molar-refractivity contribution in [2.45, 2.75) is 23.9 Å². The predicted octanol–water partition coefficient (Wildman–Crippen LogP) is 1.27. The standard InChI is InChI=1S/C21H28N4O3S2/c1-23-8-10-24(11-9-23)20(28)16(7-12-29-2)22-18(26)17-13-30-21-15-6-4-3-5-14(15)19(27)25(17)21/h3-6,16-17,21H,7-13H2,1-2H3,(H,22,26). The maximum absolute atomic E-state index is 13.2. The van der Waals surface area contributed by atoms with E-state index in [0.29, 0.717) is 30.8 Å². The Hall–Kier alpha value is -1.71. The van der Waals surface area contributed by atoms with Crippen LogP contribution in [-0.4, -0.2) is 95.5 Å². The van der Waals surface area contributed by atoms with E-state index >= 15 is 0 Å². The number of hydrogen-bond acceptors (Lipinski definition) is 6. The Balaban J connectivity index is 1.45. The monoisotopic (exact) mass is 448 g/mol. The van der Waals surface area contributed by atoms with E-state index in [0.717, 1.165) is 24.4 Å². The van der Waals surface area contributed by atoms with E-state index in [9.17, 15) is 14.4 Å². The van der Waals surface area contributed by atoms with E-state index in [1.165, 1.54) is 0 Å². The highest BCUT2D eigenvalue weighted by Gasteiger charge is 2.48. The highest BCUT2D eigenvalue weighted by atomic mass is 32.2. The summed E-state index contributed by atoms with van der Waals surface area (Å²) < 4.78 is 0. The van der Waals surface area contributed by atoms with Crippen molar-refractivity contribution in [2.24, 2.45) is 0 Å². The van der Waals surface area contributed by atoms with E-state index in [1.807, 2.05) is 42.5 Å². The van der Waals surface area contributed by atoms with Crippen molar-refractivity contribution in [1.29, 1.82) is 0 Å². The SMILES string of the molecule is CSCCC(NC(=O)C1CSC2c3ccccc3C(=O)N12)C(=O)N1CCN(C)CC1. The Morgan fingerprint density at radius 1 is 1.23 bits per heavy atom. The lowest BCUT2D eigenvalue weighted by Gasteiger charge is -2.35. The average molecular weight is 449 g/mol. The van der Waals surface area contributed by atoms with Crippen LogP contribution in [0, 0.1) is 0 Å². The van der Waals surface area contributed by atoms with Gasteiger partial charge in [0, 0.05) is 37.5 Å². The van der Waals surface area contributed by atoms with Crippen molar-refractivity contribution in [1.82, 2.24) is 20.0 Å². The smallest absolute Gasteiger partial charge is 0.256 e. The number of benzene rings is 1. The second kappa shape index (κ2) is 9.20. The van der Waals surface area contributed by atoms with Crippen LogP contribution < -0.4 is 5.32 Å². The van der Waals surface area contributed by atoms with Crippen molar-refractivity contribution in [2.75, 3.05) is 51.0 Å². The van der Waals surface area contributed by atoms with Gasteiger partial charge >= 0.3 is 0 Å². The van der Waals surface area contributed by atoms with Crippen molar-refractivity contribution < 1.29 is 14.4 Å². The second-order valence-corrected chi connectivity index (χ2v) is 10.1. The van der Waals surface area contributed by atoms with Gasteiger partial charge in [-0.05, 0) is 37.1 Å². The van der Waals surface area contributed by atoms with Gasteiger partial charge in [0.2, 0.25) is 11.8 Å². The zero-order chi connectivity index (χ0) is 21.3. The molecule has 7 nitrogen and oxygen atoms in total. The summed E-state index contributed by atoms with van der Waals surface area (Å²) in [6.45, 7) is 3.05. The first-order valence-electron chi connectivity index (χ1n) is 10.3. The van der Waals surface area contributed by atoms with Crippen LogP contribution in [0.2, 0.25) is 0 Å². The molecule has 3 amide bonds. The minimum absolute atomic E-state index is 0.0104. The highest BCUT2D eigenvalue weighted by molar-refractivity contribution is 7.99. The lowest BCUT2D eigenvalue weighted by molar-refractivity contribution is -0.138. The van der Waals surface area contributed by atoms with Crippen LogP contribution in [-0.2, 0) is 9.59 Å². The Morgan fingerprint density at radius 3 is 2.70 bits per heavy atom. The van der Waals surface area contributed by atoms with E-state index < -0.39 is 12.1 Å². The lowest BCUT2D eigenvalue weighted by Crippen LogP contribution is -2.57. The Labute approximate surface area is 185 Å². The first-order chi connectivity index (χ1) is 14.5. The zero-order valence-electron chi connectivity index (χ0n) is 17.4. The molecular weight excluding hydrogens is 420 g/mol. The fourth-order valence-electron chi connectivity index (χ4n) is 4.25. The van der Waals surface area contributed by atoms with Gasteiger partial charge in [0.25, 0.3) is 5.91 Å². The molecule has 2 saturated heterocycles. The second-order valence-electron chi connectivity index (χ2n) is 7.97. The van der Waals surface area contributed by atoms with E-state index in [4.69, 9.17) is 0 Å². The number of rotatable bonds is 6. The third kappa shape index (κ3) is 4.07. The molecule has 4 rings (SSSR count). The third-order valence-electron chi connectivity index (χ3n) is 6.03. The molecule has 3 unspecified atom stereocenters. The van der Waals surface area contributed by atoms with E-state index in [-0.39, 0.29) is 23.1 Å². The van der Waals surface area contributed by atoms with Gasteiger partial charge in [-0.1, -0.05) is 18.2 Å². The maximum atomic E-state index is 13.2. The van der Waals surface area contributed by atoms with E-state index in [2.05, 4.69) is 10.2 Å². The number of nitrogens with zero attached hydrogens (tertiary/aromatic N) is 3. The fraction of sp³-hybridized carbons (Fsp3) is 0.571. The molecule has 3 aliphatic heterocycles. The van der Waals surface area contributed by atoms with Gasteiger partial charge in [0.05, 0.1) is 0 Å². The molecule has 162 valence electrons. The van der Waals surface area contributed by atoms with Gasteiger partial charge < -0.3 is 20.0 Å². The van der Waals surface area contributed by atoms with Crippen LogP contribution >= 0.6 is 23.5 Å². The Bertz CT molecular complexity index is 828. The number of fused-ring (bicyclic) bond motifs is 3. The van der Waals surface area contributed by atoms with Gasteiger partial charge in [-0.15, -0.1) is 11.8 Å². The van der Waals surface area contributed by atoms with Crippen LogP contribution in [0.15, 0.2) is 24.3 Å². The minimum Gasteiger partial charge on any atom is -0.342 e. The molecule has 3 atom stereocenters. The van der Waals surface area contributed by atoms with Gasteiger partial charge in [0.15, 0.2) is 0 Å². The summed E-state index contributed by atoms with van der Waals surface area (Å²) in [5, 5.41) is 2.89. The molecule has 0 aliphatic carbocycles. The Kier molecular flexibility index (Phi) is 6.60. The van der Waals surface area contributed by atoms with Crippen molar-refractivity contribution in [3.63, 3.8) is 0 Å². The first-order valence-corrected chi connectivity index (χ1v) is 12.8. The number of amides is 3. The van der Waals surface area contributed by atoms with Gasteiger partial charge in [-0.3, -0.25) is 14.4 Å². The van der Waals surface area contributed by atoms with Crippen molar-refractivity contribution in [3.05, 3.63) is 35.4 Å². The molecule has 9 heteroatoms. The molecule has 1 aromatic carbocycles. The van der Waals surface area contributed by atoms with Gasteiger partial charge in [-0.2, -0.15) is 11.8 Å². The molecule has 30 heavy (non-hydrogen) atoms. The number of carbonyl (C=O) groups excluding carboxylic acids is 3. The largest absolute Gasteiger partial charge is 0.342 e. The summed E-state index contributed by atoms with van der Waals surface area (Å²) in [5.74, 6) is 1.02. The van der Waals surface area contributed by atoms with Crippen LogP contribution in [0.1, 0.15) is 27.7 Å². The molecule has 2 fully saturated rings. The number of hydrogen-bond donors (Lipinski definition) is 1. The predicted molar refractivity (Wildman–Crippen MR) is 121 cm³/mol. The third-order valence-corrected chi connectivity index (χ3v) is 7.98. The number of piperazine rings is 1. The van der Waals surface area contributed by atoms with Crippen LogP contribution in [0.4, 0.5) is 0 Å². The molecule has 0 saturated carbocycles. The summed E-state index contributed by atoms with van der Waals surface area (Å²) >= 11 is 3.28. The van der Waals surface area contributed by atoms with E-state index in [1.54, 1.807) is 28.4 Å². The zero-order valence-corrected chi connectivity index (χ0v) is 19.0. The maximum Gasteiger partial charge on any atom is 0.256 e. The molecule has 0 aromatic heterocycles. The number of likely N-dealkylation sites (N-methyl/N-ethyl adjacent to an activating group) is 1. The molecule has 3 heterocycles. The molecule has 0 spiro atoms. The summed E-state index contributed by atoms with van der Waals surface area (Å²) in [4.78, 5) is 45.0. The summed E-state index contributed by atoms with van der Waals surface area (Å²) in [6, 6.07) is 6.48. The van der Waals surface area contributed by atoms with Crippen molar-refractivity contribution >= 4 is 41.2 Å². The summed E-state index contributed by atoms with van der Waals surface area (Å²) in [7, 11) is 2.05. The number of carbonyl (C=O) groups is 3. The number of nitrogens with one attached hydrogen (secondary N) is 1. The summed E-state index contributed by atoms with van der Waals surface area (Å²) in [5.41, 5.74) is 1.66. The normalized spacial score (nSPS) is 24.5. The number of thioether (sulfide) groups is 2. The fourth-order valence-corrected chi connectivity index (χ4v) is 6.19. The quantitative estimate of drug-likeness (QED) is 0.707. The van der Waals surface area contributed by atoms with Gasteiger partial charge in [-0.25, -0.2) is 0 Å². The van der Waals surface area contributed by atoms with Gasteiger partial charge in [0.1, 0.15) is 17.5 Å². The van der Waals surface area contributed by atoms with Crippen LogP contribution in [0.5, 0.6) is 0 Å². The van der Waals surface area contributed by atoms with Crippen LogP contribution in [0.25, 0.3) is 0 Å². The molecule has 1 aromatic rings. The Morgan fingerprint density at radius 2 is 1.97 bits per heavy atom. The molecule has 3 aliphatic rings. The molecule has 1 N–H and O–H groups in total. The highest BCUT2D eigenvalue weighted by Crippen LogP contribution is 2.48. The first kappa shape index (κ1) is 21.5. The summed E-state index contributed by atoms with van der Waals surface area (Å²) in [6.07, 6.45) is 2.59. The topological polar surface area (TPSA) is 73.0 Å². The average Bonchev–Trinajstić information content (AvgIpc) is 3.31.